The van der Waals surface area contributed by atoms with E-state index >= 15 is 0 Å². The molecule has 0 aliphatic carbocycles. The lowest BCUT2D eigenvalue weighted by atomic mass is 9.97. The minimum atomic E-state index is 1.01. The molecule has 0 aromatic heterocycles. The molecule has 0 amide bonds. The lowest BCUT2D eigenvalue weighted by Gasteiger charge is -2.25. The summed E-state index contributed by atoms with van der Waals surface area (Å²) in [6.45, 7) is 26.5. The average Bonchev–Trinajstić information content (AvgIpc) is 2.96. The van der Waals surface area contributed by atoms with Crippen LogP contribution in [0.1, 0.15) is 83.1 Å². The SMILES string of the molecule is CC.CC.CC.CC.CC.CCN(CC)c1ccc(-c2ccccc2)cc1-c1ccccc1. The Morgan fingerprint density at radius 3 is 1.24 bits per heavy atom. The Kier molecular flexibility index (Phi) is 27.3. The van der Waals surface area contributed by atoms with E-state index in [1.165, 1.54) is 27.9 Å². The summed E-state index contributed by atoms with van der Waals surface area (Å²) in [7, 11) is 0. The third-order valence-electron chi connectivity index (χ3n) is 4.29. The summed E-state index contributed by atoms with van der Waals surface area (Å²) < 4.78 is 0. The number of benzene rings is 3. The van der Waals surface area contributed by atoms with E-state index < -0.39 is 0 Å². The van der Waals surface area contributed by atoms with Crippen molar-refractivity contribution in [2.24, 2.45) is 0 Å². The van der Waals surface area contributed by atoms with Crippen LogP contribution in [-0.2, 0) is 0 Å². The normalized spacial score (nSPS) is 8.24. The summed E-state index contributed by atoms with van der Waals surface area (Å²) in [5, 5.41) is 0. The Bertz CT molecular complexity index is 744. The fraction of sp³-hybridized carbons (Fsp3) is 0.438. The smallest absolute Gasteiger partial charge is 0.0446 e. The zero-order valence-electron chi connectivity index (χ0n) is 23.9. The predicted molar refractivity (Wildman–Crippen MR) is 158 cm³/mol. The molecule has 0 heterocycles. The van der Waals surface area contributed by atoms with Crippen molar-refractivity contribution in [1.29, 1.82) is 0 Å². The van der Waals surface area contributed by atoms with Crippen LogP contribution in [-0.4, -0.2) is 13.1 Å². The molecule has 0 aliphatic heterocycles. The van der Waals surface area contributed by atoms with Gasteiger partial charge in [-0.15, -0.1) is 0 Å². The maximum atomic E-state index is 2.41. The molecule has 1 heteroatoms. The lowest BCUT2D eigenvalue weighted by molar-refractivity contribution is 0.867. The summed E-state index contributed by atoms with van der Waals surface area (Å²) in [5.74, 6) is 0. The van der Waals surface area contributed by atoms with Crippen LogP contribution < -0.4 is 4.90 Å². The molecule has 1 nitrogen and oxygen atoms in total. The van der Waals surface area contributed by atoms with Crippen LogP contribution >= 0.6 is 0 Å². The molecule has 0 N–H and O–H groups in total. The maximum absolute atomic E-state index is 2.41. The van der Waals surface area contributed by atoms with Gasteiger partial charge in [0.25, 0.3) is 0 Å². The molecule has 0 bridgehead atoms. The van der Waals surface area contributed by atoms with Gasteiger partial charge in [0.05, 0.1) is 0 Å². The van der Waals surface area contributed by atoms with Gasteiger partial charge in [0.15, 0.2) is 0 Å². The highest BCUT2D eigenvalue weighted by molar-refractivity contribution is 5.83. The summed E-state index contributed by atoms with van der Waals surface area (Å²) in [6, 6.07) is 28.1. The van der Waals surface area contributed by atoms with E-state index in [9.17, 15) is 0 Å². The molecule has 0 unspecified atom stereocenters. The van der Waals surface area contributed by atoms with Crippen molar-refractivity contribution in [3.05, 3.63) is 78.9 Å². The van der Waals surface area contributed by atoms with Crippen LogP contribution in [0.3, 0.4) is 0 Å². The summed E-state index contributed by atoms with van der Waals surface area (Å²) in [4.78, 5) is 2.41. The van der Waals surface area contributed by atoms with Gasteiger partial charge in [-0.1, -0.05) is 136 Å². The van der Waals surface area contributed by atoms with Gasteiger partial charge in [0, 0.05) is 24.3 Å². The average molecular weight is 452 g/mol. The molecule has 3 aromatic carbocycles. The van der Waals surface area contributed by atoms with E-state index in [0.717, 1.165) is 13.1 Å². The van der Waals surface area contributed by atoms with Crippen molar-refractivity contribution in [2.75, 3.05) is 18.0 Å². The second-order valence-corrected chi connectivity index (χ2v) is 5.64. The predicted octanol–water partition coefficient (Wildman–Crippen LogP) is 11.0. The first-order chi connectivity index (χ1) is 16.3. The zero-order valence-corrected chi connectivity index (χ0v) is 23.9. The van der Waals surface area contributed by atoms with Crippen LogP contribution in [0, 0.1) is 0 Å². The van der Waals surface area contributed by atoms with Gasteiger partial charge in [-0.3, -0.25) is 0 Å². The minimum Gasteiger partial charge on any atom is -0.372 e. The topological polar surface area (TPSA) is 3.24 Å². The molecule has 0 spiro atoms. The molecule has 0 saturated heterocycles. The van der Waals surface area contributed by atoms with Gasteiger partial charge in [-0.05, 0) is 42.7 Å². The van der Waals surface area contributed by atoms with Crippen molar-refractivity contribution in [3.8, 4) is 22.3 Å². The van der Waals surface area contributed by atoms with E-state index in [1.807, 2.05) is 69.2 Å². The van der Waals surface area contributed by atoms with Crippen LogP contribution in [0.2, 0.25) is 0 Å². The summed E-state index contributed by atoms with van der Waals surface area (Å²) >= 11 is 0. The quantitative estimate of drug-likeness (QED) is 0.373. The number of rotatable bonds is 5. The van der Waals surface area contributed by atoms with E-state index in [1.54, 1.807) is 0 Å². The number of nitrogens with zero attached hydrogens (tertiary/aromatic N) is 1. The van der Waals surface area contributed by atoms with Crippen molar-refractivity contribution in [1.82, 2.24) is 0 Å². The van der Waals surface area contributed by atoms with Crippen LogP contribution in [0.25, 0.3) is 22.3 Å². The first-order valence-electron chi connectivity index (χ1n) is 13.3. The Hall–Kier alpha value is -2.54. The van der Waals surface area contributed by atoms with Gasteiger partial charge in [-0.25, -0.2) is 0 Å². The molecule has 186 valence electrons. The van der Waals surface area contributed by atoms with E-state index in [0.29, 0.717) is 0 Å². The molecular weight excluding hydrogens is 398 g/mol. The number of hydrogen-bond acceptors (Lipinski definition) is 1. The van der Waals surface area contributed by atoms with Crippen molar-refractivity contribution in [2.45, 2.75) is 83.1 Å². The van der Waals surface area contributed by atoms with Crippen molar-refractivity contribution in [3.63, 3.8) is 0 Å². The van der Waals surface area contributed by atoms with Gasteiger partial charge in [0.2, 0.25) is 0 Å². The molecule has 3 aromatic rings. The Morgan fingerprint density at radius 2 is 0.848 bits per heavy atom. The molecule has 0 aliphatic rings. The summed E-state index contributed by atoms with van der Waals surface area (Å²) in [5.41, 5.74) is 6.40. The lowest BCUT2D eigenvalue weighted by Crippen LogP contribution is -2.22. The fourth-order valence-electron chi connectivity index (χ4n) is 3.04. The molecule has 33 heavy (non-hydrogen) atoms. The largest absolute Gasteiger partial charge is 0.372 e. The highest BCUT2D eigenvalue weighted by atomic mass is 15.1. The Labute approximate surface area is 207 Å². The first-order valence-corrected chi connectivity index (χ1v) is 13.3. The second kappa shape index (κ2) is 25.7. The zero-order chi connectivity index (χ0) is 26.1. The monoisotopic (exact) mass is 451 g/mol. The van der Waals surface area contributed by atoms with Crippen molar-refractivity contribution < 1.29 is 0 Å². The van der Waals surface area contributed by atoms with Gasteiger partial charge in [0.1, 0.15) is 0 Å². The maximum Gasteiger partial charge on any atom is 0.0446 e. The molecule has 3 rings (SSSR count). The number of anilines is 1. The molecule has 0 radical (unpaired) electrons. The first kappa shape index (κ1) is 35.1. The highest BCUT2D eigenvalue weighted by Crippen LogP contribution is 2.34. The minimum absolute atomic E-state index is 1.01. The van der Waals surface area contributed by atoms with Crippen LogP contribution in [0.5, 0.6) is 0 Å². The van der Waals surface area contributed by atoms with Gasteiger partial charge >= 0.3 is 0 Å². The molecule has 0 saturated carbocycles. The molecule has 0 atom stereocenters. The standard InChI is InChI=1S/C22H23N.5C2H6/c1-3-23(4-2)22-16-15-20(18-11-7-5-8-12-18)17-21(22)19-13-9-6-10-14-19;5*1-2/h5-17H,3-4H2,1-2H3;5*1-2H3. The second-order valence-electron chi connectivity index (χ2n) is 5.64. The van der Waals surface area contributed by atoms with Crippen molar-refractivity contribution >= 4 is 5.69 Å². The molecule has 0 fully saturated rings. The third kappa shape index (κ3) is 12.3. The Balaban J connectivity index is -0.000000798. The van der Waals surface area contributed by atoms with Gasteiger partial charge < -0.3 is 4.90 Å². The van der Waals surface area contributed by atoms with E-state index in [4.69, 9.17) is 0 Å². The van der Waals surface area contributed by atoms with Crippen LogP contribution in [0.15, 0.2) is 78.9 Å². The number of hydrogen-bond donors (Lipinski definition) is 0. The van der Waals surface area contributed by atoms with Crippen LogP contribution in [0.4, 0.5) is 5.69 Å². The molecular formula is C32H53N. The summed E-state index contributed by atoms with van der Waals surface area (Å²) in [6.07, 6.45) is 0. The van der Waals surface area contributed by atoms with E-state index in [2.05, 4.69) is 97.6 Å². The highest BCUT2D eigenvalue weighted by Gasteiger charge is 2.11. The third-order valence-corrected chi connectivity index (χ3v) is 4.29. The fourth-order valence-corrected chi connectivity index (χ4v) is 3.04. The van der Waals surface area contributed by atoms with Gasteiger partial charge in [-0.2, -0.15) is 0 Å². The Morgan fingerprint density at radius 1 is 0.455 bits per heavy atom. The van der Waals surface area contributed by atoms with E-state index in [-0.39, 0.29) is 0 Å².